The summed E-state index contributed by atoms with van der Waals surface area (Å²) in [7, 11) is 1.90. The Morgan fingerprint density at radius 2 is 1.62 bits per heavy atom. The van der Waals surface area contributed by atoms with Gasteiger partial charge in [-0.2, -0.15) is 0 Å². The normalized spacial score (nSPS) is 16.4. The second-order valence-electron chi connectivity index (χ2n) is 10.5. The number of benzene rings is 4. The van der Waals surface area contributed by atoms with Crippen molar-refractivity contribution in [1.82, 2.24) is 9.47 Å². The van der Waals surface area contributed by atoms with Crippen LogP contribution in [0.2, 0.25) is 0 Å². The number of nitrogens with zero attached hydrogens (tertiary/aromatic N) is 2. The number of carbonyl (C=O) groups excluding carboxylic acids is 2. The van der Waals surface area contributed by atoms with Gasteiger partial charge >= 0.3 is 0 Å². The highest BCUT2D eigenvalue weighted by molar-refractivity contribution is 6.46. The van der Waals surface area contributed by atoms with Gasteiger partial charge < -0.3 is 19.3 Å². The lowest BCUT2D eigenvalue weighted by atomic mass is 9.94. The van der Waals surface area contributed by atoms with E-state index in [-0.39, 0.29) is 17.9 Å². The minimum Gasteiger partial charge on any atom is -0.507 e. The van der Waals surface area contributed by atoms with E-state index < -0.39 is 23.5 Å². The van der Waals surface area contributed by atoms with Crippen LogP contribution in [-0.2, 0) is 29.8 Å². The lowest BCUT2D eigenvalue weighted by molar-refractivity contribution is -0.140. The molecule has 0 bridgehead atoms. The lowest BCUT2D eigenvalue weighted by Crippen LogP contribution is -2.29. The van der Waals surface area contributed by atoms with Gasteiger partial charge in [0.25, 0.3) is 11.7 Å². The van der Waals surface area contributed by atoms with Crippen molar-refractivity contribution in [3.63, 3.8) is 0 Å². The van der Waals surface area contributed by atoms with Crippen LogP contribution in [0.5, 0.6) is 5.75 Å². The van der Waals surface area contributed by atoms with Gasteiger partial charge in [-0.25, -0.2) is 4.39 Å². The molecule has 1 atom stereocenters. The Morgan fingerprint density at radius 3 is 2.36 bits per heavy atom. The number of hydrogen-bond donors (Lipinski definition) is 1. The molecule has 5 aromatic rings. The molecular formula is C35H29FN2O4. The van der Waals surface area contributed by atoms with Gasteiger partial charge in [-0.05, 0) is 60.0 Å². The summed E-state index contributed by atoms with van der Waals surface area (Å²) < 4.78 is 21.6. The molecule has 4 aromatic carbocycles. The molecule has 42 heavy (non-hydrogen) atoms. The van der Waals surface area contributed by atoms with Crippen molar-refractivity contribution in [2.45, 2.75) is 26.1 Å². The molecule has 1 aliphatic heterocycles. The predicted octanol–water partition coefficient (Wildman–Crippen LogP) is 6.83. The third kappa shape index (κ3) is 4.94. The van der Waals surface area contributed by atoms with Crippen LogP contribution in [-0.4, -0.2) is 26.3 Å². The molecule has 0 aliphatic carbocycles. The largest absolute Gasteiger partial charge is 0.507 e. The Labute approximate surface area is 242 Å². The Balaban J connectivity index is 1.43. The van der Waals surface area contributed by atoms with Crippen molar-refractivity contribution in [3.05, 3.63) is 142 Å². The van der Waals surface area contributed by atoms with Crippen LogP contribution >= 0.6 is 0 Å². The van der Waals surface area contributed by atoms with E-state index in [1.807, 2.05) is 79.3 Å². The van der Waals surface area contributed by atoms with E-state index in [1.165, 1.54) is 17.0 Å². The number of ether oxygens (including phenoxy) is 1. The number of hydrogen-bond acceptors (Lipinski definition) is 4. The molecule has 1 aromatic heterocycles. The number of Topliss-reactive ketones (excluding diaryl/α,β-unsaturated/α-hetero) is 1. The summed E-state index contributed by atoms with van der Waals surface area (Å²) in [5.41, 5.74) is 4.53. The lowest BCUT2D eigenvalue weighted by Gasteiger charge is -2.25. The van der Waals surface area contributed by atoms with Crippen molar-refractivity contribution in [2.75, 3.05) is 0 Å². The summed E-state index contributed by atoms with van der Waals surface area (Å²) in [6, 6.07) is 27.7. The maximum atomic E-state index is 13.6. The molecular weight excluding hydrogens is 531 g/mol. The van der Waals surface area contributed by atoms with E-state index in [4.69, 9.17) is 4.74 Å². The van der Waals surface area contributed by atoms with Crippen LogP contribution in [0.1, 0.15) is 33.9 Å². The number of rotatable bonds is 7. The number of aliphatic hydroxyl groups is 1. The van der Waals surface area contributed by atoms with Gasteiger partial charge in [0.15, 0.2) is 0 Å². The quantitative estimate of drug-likeness (QED) is 0.135. The third-order valence-corrected chi connectivity index (χ3v) is 7.71. The topological polar surface area (TPSA) is 71.8 Å². The highest BCUT2D eigenvalue weighted by Gasteiger charge is 2.47. The van der Waals surface area contributed by atoms with Crippen LogP contribution in [0.15, 0.2) is 109 Å². The Morgan fingerprint density at radius 1 is 0.905 bits per heavy atom. The zero-order chi connectivity index (χ0) is 29.4. The van der Waals surface area contributed by atoms with Gasteiger partial charge in [-0.3, -0.25) is 9.59 Å². The Hall–Kier alpha value is -5.17. The van der Waals surface area contributed by atoms with Gasteiger partial charge in [-0.1, -0.05) is 60.7 Å². The smallest absolute Gasteiger partial charge is 0.295 e. The second kappa shape index (κ2) is 11.0. The fraction of sp³-hybridized carbons (Fsp3) is 0.143. The number of ketones is 1. The first-order valence-corrected chi connectivity index (χ1v) is 13.7. The molecule has 0 saturated carbocycles. The number of fused-ring (bicyclic) bond motifs is 1. The standard InChI is InChI=1S/C35H29FN2O4/c1-22-18-25(14-17-30(22)42-21-24-8-4-3-5-9-24)33(39)31-32(28-20-37(2)29-11-7-6-10-27(28)29)38(35(41)34(31)40)19-23-12-15-26(36)16-13-23/h3-18,20,32,39H,19,21H2,1-2H3/b33-31+. The molecule has 6 nitrogen and oxygen atoms in total. The summed E-state index contributed by atoms with van der Waals surface area (Å²) in [4.78, 5) is 28.6. The first kappa shape index (κ1) is 27.0. The number of likely N-dealkylation sites (tertiary alicyclic amines) is 1. The predicted molar refractivity (Wildman–Crippen MR) is 159 cm³/mol. The second-order valence-corrected chi connectivity index (χ2v) is 10.5. The van der Waals surface area contributed by atoms with Crippen LogP contribution < -0.4 is 4.74 Å². The summed E-state index contributed by atoms with van der Waals surface area (Å²) in [6.07, 6.45) is 1.89. The number of aromatic nitrogens is 1. The molecule has 1 fully saturated rings. The SMILES string of the molecule is Cc1cc(/C(O)=C2\C(=O)C(=O)N(Cc3ccc(F)cc3)C2c2cn(C)c3ccccc23)ccc1OCc1ccccc1. The monoisotopic (exact) mass is 560 g/mol. The average Bonchev–Trinajstić information content (AvgIpc) is 3.46. The molecule has 1 amide bonds. The molecule has 6 rings (SSSR count). The van der Waals surface area contributed by atoms with E-state index in [0.717, 1.165) is 27.6 Å². The van der Waals surface area contributed by atoms with Gasteiger partial charge in [-0.15, -0.1) is 0 Å². The zero-order valence-electron chi connectivity index (χ0n) is 23.3. The molecule has 0 spiro atoms. The first-order chi connectivity index (χ1) is 20.3. The molecule has 1 saturated heterocycles. The number of para-hydroxylation sites is 1. The molecule has 0 radical (unpaired) electrons. The highest BCUT2D eigenvalue weighted by atomic mass is 19.1. The van der Waals surface area contributed by atoms with Crippen LogP contribution in [0.4, 0.5) is 4.39 Å². The summed E-state index contributed by atoms with van der Waals surface area (Å²) in [6.45, 7) is 2.33. The summed E-state index contributed by atoms with van der Waals surface area (Å²) in [5.74, 6) is -1.49. The summed E-state index contributed by atoms with van der Waals surface area (Å²) in [5, 5.41) is 12.5. The number of halogens is 1. The number of aryl methyl sites for hydroxylation is 2. The fourth-order valence-corrected chi connectivity index (χ4v) is 5.59. The molecule has 210 valence electrons. The van der Waals surface area contributed by atoms with Gasteiger partial charge in [0.1, 0.15) is 23.9 Å². The van der Waals surface area contributed by atoms with E-state index in [2.05, 4.69) is 0 Å². The maximum absolute atomic E-state index is 13.6. The fourth-order valence-electron chi connectivity index (χ4n) is 5.59. The van der Waals surface area contributed by atoms with E-state index in [1.54, 1.807) is 30.3 Å². The van der Waals surface area contributed by atoms with Crippen molar-refractivity contribution < 1.29 is 23.8 Å². The van der Waals surface area contributed by atoms with Crippen molar-refractivity contribution in [3.8, 4) is 5.75 Å². The third-order valence-electron chi connectivity index (χ3n) is 7.71. The van der Waals surface area contributed by atoms with Crippen LogP contribution in [0.25, 0.3) is 16.7 Å². The minimum absolute atomic E-state index is 0.0100. The zero-order valence-corrected chi connectivity index (χ0v) is 23.3. The highest BCUT2D eigenvalue weighted by Crippen LogP contribution is 2.43. The minimum atomic E-state index is -0.851. The van der Waals surface area contributed by atoms with E-state index >= 15 is 0 Å². The first-order valence-electron chi connectivity index (χ1n) is 13.7. The number of amides is 1. The Bertz CT molecular complexity index is 1840. The average molecular weight is 561 g/mol. The molecule has 1 unspecified atom stereocenters. The van der Waals surface area contributed by atoms with E-state index in [0.29, 0.717) is 23.5 Å². The van der Waals surface area contributed by atoms with Gasteiger partial charge in [0.2, 0.25) is 0 Å². The molecule has 1 N–H and O–H groups in total. The van der Waals surface area contributed by atoms with Gasteiger partial charge in [0.05, 0.1) is 11.6 Å². The Kier molecular flexibility index (Phi) is 7.08. The molecule has 1 aliphatic rings. The van der Waals surface area contributed by atoms with Crippen LogP contribution in [0.3, 0.4) is 0 Å². The van der Waals surface area contributed by atoms with Crippen molar-refractivity contribution in [2.24, 2.45) is 7.05 Å². The van der Waals surface area contributed by atoms with Crippen LogP contribution in [0, 0.1) is 12.7 Å². The van der Waals surface area contributed by atoms with Crippen molar-refractivity contribution in [1.29, 1.82) is 0 Å². The van der Waals surface area contributed by atoms with E-state index in [9.17, 15) is 19.1 Å². The number of carbonyl (C=O) groups is 2. The van der Waals surface area contributed by atoms with Crippen molar-refractivity contribution >= 4 is 28.4 Å². The van der Waals surface area contributed by atoms with Gasteiger partial charge in [0, 0.05) is 41.8 Å². The number of aliphatic hydroxyl groups excluding tert-OH is 1. The summed E-state index contributed by atoms with van der Waals surface area (Å²) >= 11 is 0. The molecule has 7 heteroatoms. The maximum Gasteiger partial charge on any atom is 0.295 e. The molecule has 2 heterocycles.